The molecule has 0 aliphatic rings. The molecule has 0 fully saturated rings. The number of benzene rings is 1. The van der Waals surface area contributed by atoms with Gasteiger partial charge in [-0.1, -0.05) is 35.5 Å². The van der Waals surface area contributed by atoms with E-state index < -0.39 is 0 Å². The normalized spacial score (nSPS) is 10.5. The molecule has 0 unspecified atom stereocenters. The number of amides is 1. The molecule has 8 heteroatoms. The van der Waals surface area contributed by atoms with Crippen molar-refractivity contribution < 1.29 is 9.32 Å². The van der Waals surface area contributed by atoms with Crippen LogP contribution in [0.5, 0.6) is 0 Å². The van der Waals surface area contributed by atoms with Crippen LogP contribution in [0, 0.1) is 0 Å². The Morgan fingerprint density at radius 3 is 2.86 bits per heavy atom. The predicted molar refractivity (Wildman–Crippen MR) is 71.6 cm³/mol. The third-order valence-corrected chi connectivity index (χ3v) is 2.73. The van der Waals surface area contributed by atoms with Crippen molar-refractivity contribution in [1.29, 1.82) is 0 Å². The number of carbonyl (C=O) groups is 1. The predicted octanol–water partition coefficient (Wildman–Crippen LogP) is 0.644. The zero-order valence-corrected chi connectivity index (χ0v) is 11.0. The van der Waals surface area contributed by atoms with E-state index in [1.807, 2.05) is 30.3 Å². The first kappa shape index (κ1) is 13.0. The van der Waals surface area contributed by atoms with Crippen molar-refractivity contribution in [1.82, 2.24) is 30.7 Å². The van der Waals surface area contributed by atoms with Gasteiger partial charge >= 0.3 is 0 Å². The highest BCUT2D eigenvalue weighted by molar-refractivity contribution is 5.75. The molecule has 0 aliphatic carbocycles. The largest absolute Gasteiger partial charge is 0.364 e. The Kier molecular flexibility index (Phi) is 3.68. The minimum absolute atomic E-state index is 0.00230. The highest BCUT2D eigenvalue weighted by atomic mass is 16.5. The van der Waals surface area contributed by atoms with Crippen molar-refractivity contribution >= 4 is 5.91 Å². The average molecular weight is 284 g/mol. The minimum Gasteiger partial charge on any atom is -0.364 e. The summed E-state index contributed by atoms with van der Waals surface area (Å²) in [6, 6.07) is 11.1. The minimum atomic E-state index is -0.227. The second-order valence-electron chi connectivity index (χ2n) is 4.28. The SMILES string of the molecule is O=C(Cn1nnc(-c2ccccc2)n1)NCc1ccon1. The number of tetrazole rings is 1. The molecule has 3 rings (SSSR count). The Bertz CT molecular complexity index is 707. The summed E-state index contributed by atoms with van der Waals surface area (Å²) in [5.41, 5.74) is 1.51. The molecule has 0 saturated heterocycles. The molecule has 0 atom stereocenters. The molecule has 0 saturated carbocycles. The molecule has 1 aromatic carbocycles. The second-order valence-corrected chi connectivity index (χ2v) is 4.28. The zero-order valence-electron chi connectivity index (χ0n) is 11.0. The summed E-state index contributed by atoms with van der Waals surface area (Å²) in [7, 11) is 0. The molecule has 2 aromatic heterocycles. The van der Waals surface area contributed by atoms with Crippen molar-refractivity contribution in [3.8, 4) is 11.4 Å². The maximum atomic E-state index is 11.8. The third-order valence-electron chi connectivity index (χ3n) is 2.73. The van der Waals surface area contributed by atoms with Crippen LogP contribution in [-0.2, 0) is 17.9 Å². The van der Waals surface area contributed by atoms with Crippen LogP contribution in [0.25, 0.3) is 11.4 Å². The monoisotopic (exact) mass is 284 g/mol. The van der Waals surface area contributed by atoms with Gasteiger partial charge in [-0.05, 0) is 5.21 Å². The van der Waals surface area contributed by atoms with Crippen LogP contribution in [0.15, 0.2) is 47.2 Å². The van der Waals surface area contributed by atoms with E-state index >= 15 is 0 Å². The van der Waals surface area contributed by atoms with Gasteiger partial charge < -0.3 is 9.84 Å². The van der Waals surface area contributed by atoms with Gasteiger partial charge in [-0.3, -0.25) is 4.79 Å². The number of nitrogens with one attached hydrogen (secondary N) is 1. The van der Waals surface area contributed by atoms with Gasteiger partial charge in [0.25, 0.3) is 0 Å². The Balaban J connectivity index is 1.58. The molecule has 8 nitrogen and oxygen atoms in total. The van der Waals surface area contributed by atoms with E-state index in [1.54, 1.807) is 6.07 Å². The first-order valence-electron chi connectivity index (χ1n) is 6.30. The lowest BCUT2D eigenvalue weighted by atomic mass is 10.2. The lowest BCUT2D eigenvalue weighted by molar-refractivity contribution is -0.122. The van der Waals surface area contributed by atoms with Gasteiger partial charge in [-0.25, -0.2) is 0 Å². The fourth-order valence-electron chi connectivity index (χ4n) is 1.72. The molecular formula is C13H12N6O2. The summed E-state index contributed by atoms with van der Waals surface area (Å²) in [5, 5.41) is 18.3. The standard InChI is InChI=1S/C13H12N6O2/c20-12(14-8-11-6-7-21-17-11)9-19-16-13(15-18-19)10-4-2-1-3-5-10/h1-7H,8-9H2,(H,14,20). The number of hydrogen-bond donors (Lipinski definition) is 1. The van der Waals surface area contributed by atoms with E-state index in [0.29, 0.717) is 18.1 Å². The number of nitrogens with zero attached hydrogens (tertiary/aromatic N) is 5. The maximum absolute atomic E-state index is 11.8. The summed E-state index contributed by atoms with van der Waals surface area (Å²) in [6.07, 6.45) is 1.45. The second kappa shape index (κ2) is 5.95. The first-order chi connectivity index (χ1) is 10.3. The molecule has 0 bridgehead atoms. The van der Waals surface area contributed by atoms with E-state index in [-0.39, 0.29) is 12.5 Å². The number of carbonyl (C=O) groups excluding carboxylic acids is 1. The molecule has 106 valence electrons. The van der Waals surface area contributed by atoms with Gasteiger partial charge in [0.05, 0.1) is 6.54 Å². The van der Waals surface area contributed by atoms with Crippen LogP contribution in [-0.4, -0.2) is 31.3 Å². The number of hydrogen-bond acceptors (Lipinski definition) is 6. The first-order valence-corrected chi connectivity index (χ1v) is 6.30. The topological polar surface area (TPSA) is 98.7 Å². The van der Waals surface area contributed by atoms with Crippen LogP contribution < -0.4 is 5.32 Å². The van der Waals surface area contributed by atoms with E-state index in [9.17, 15) is 4.79 Å². The Morgan fingerprint density at radius 2 is 2.10 bits per heavy atom. The van der Waals surface area contributed by atoms with E-state index in [1.165, 1.54) is 11.1 Å². The highest BCUT2D eigenvalue weighted by Crippen LogP contribution is 2.11. The quantitative estimate of drug-likeness (QED) is 0.738. The molecule has 0 spiro atoms. The molecule has 21 heavy (non-hydrogen) atoms. The van der Waals surface area contributed by atoms with Crippen LogP contribution in [0.1, 0.15) is 5.69 Å². The molecule has 2 heterocycles. The zero-order chi connectivity index (χ0) is 14.5. The summed E-state index contributed by atoms with van der Waals surface area (Å²) in [5.74, 6) is 0.259. The molecule has 1 N–H and O–H groups in total. The van der Waals surface area contributed by atoms with Crippen LogP contribution in [0.3, 0.4) is 0 Å². The van der Waals surface area contributed by atoms with E-state index in [2.05, 4.69) is 30.4 Å². The van der Waals surface area contributed by atoms with E-state index in [0.717, 1.165) is 5.56 Å². The summed E-state index contributed by atoms with van der Waals surface area (Å²) < 4.78 is 4.68. The Labute approximate surface area is 119 Å². The molecule has 1 amide bonds. The van der Waals surface area contributed by atoms with Crippen molar-refractivity contribution in [2.75, 3.05) is 0 Å². The summed E-state index contributed by atoms with van der Waals surface area (Å²) in [4.78, 5) is 13.0. The van der Waals surface area contributed by atoms with E-state index in [4.69, 9.17) is 0 Å². The lowest BCUT2D eigenvalue weighted by Crippen LogP contribution is -2.28. The van der Waals surface area contributed by atoms with Gasteiger partial charge in [0.1, 0.15) is 18.5 Å². The summed E-state index contributed by atoms with van der Waals surface area (Å²) in [6.45, 7) is 0.299. The fraction of sp³-hybridized carbons (Fsp3) is 0.154. The smallest absolute Gasteiger partial charge is 0.244 e. The van der Waals surface area contributed by atoms with Gasteiger partial charge in [0, 0.05) is 11.6 Å². The van der Waals surface area contributed by atoms with Gasteiger partial charge in [0.15, 0.2) is 0 Å². The highest BCUT2D eigenvalue weighted by Gasteiger charge is 2.09. The summed E-state index contributed by atoms with van der Waals surface area (Å²) >= 11 is 0. The van der Waals surface area contributed by atoms with Crippen molar-refractivity contribution in [2.24, 2.45) is 0 Å². The van der Waals surface area contributed by atoms with Crippen molar-refractivity contribution in [3.63, 3.8) is 0 Å². The van der Waals surface area contributed by atoms with Crippen LogP contribution in [0.4, 0.5) is 0 Å². The van der Waals surface area contributed by atoms with Gasteiger partial charge in [-0.2, -0.15) is 4.80 Å². The maximum Gasteiger partial charge on any atom is 0.244 e. The van der Waals surface area contributed by atoms with Crippen molar-refractivity contribution in [2.45, 2.75) is 13.1 Å². The van der Waals surface area contributed by atoms with Gasteiger partial charge in [0.2, 0.25) is 11.7 Å². The Morgan fingerprint density at radius 1 is 1.24 bits per heavy atom. The molecule has 0 aliphatic heterocycles. The fourth-order valence-corrected chi connectivity index (χ4v) is 1.72. The average Bonchev–Trinajstić information content (AvgIpc) is 3.17. The van der Waals surface area contributed by atoms with Crippen LogP contribution >= 0.6 is 0 Å². The third kappa shape index (κ3) is 3.30. The number of rotatable bonds is 5. The van der Waals surface area contributed by atoms with Gasteiger partial charge in [-0.15, -0.1) is 10.2 Å². The Hall–Kier alpha value is -3.03. The van der Waals surface area contributed by atoms with Crippen LogP contribution in [0.2, 0.25) is 0 Å². The lowest BCUT2D eigenvalue weighted by Gasteiger charge is -2.01. The molecule has 0 radical (unpaired) electrons. The molecular weight excluding hydrogens is 272 g/mol. The van der Waals surface area contributed by atoms with Crippen molar-refractivity contribution in [3.05, 3.63) is 48.4 Å². The number of aromatic nitrogens is 5. The molecule has 3 aromatic rings.